The topological polar surface area (TPSA) is 171 Å². The van der Waals surface area contributed by atoms with Crippen LogP contribution < -0.4 is 21.7 Å². The molecule has 2 aromatic rings. The summed E-state index contributed by atoms with van der Waals surface area (Å²) >= 11 is 8.21. The summed E-state index contributed by atoms with van der Waals surface area (Å²) in [5.41, 5.74) is 7.39. The third-order valence-electron chi connectivity index (χ3n) is 5.26. The van der Waals surface area contributed by atoms with Gasteiger partial charge in [0, 0.05) is 17.9 Å². The number of benzene rings is 2. The van der Waals surface area contributed by atoms with Crippen LogP contribution in [-0.2, 0) is 32.0 Å². The van der Waals surface area contributed by atoms with Crippen LogP contribution in [0.5, 0.6) is 5.75 Å². The number of phenols is 1. The minimum atomic E-state index is -1.22. The number of phenolic OH excluding ortho intramolecular Hbond substituents is 1. The fraction of sp³-hybridized carbons (Fsp3) is 0.333. The van der Waals surface area contributed by atoms with Crippen LogP contribution in [-0.4, -0.2) is 69.6 Å². The van der Waals surface area contributed by atoms with Crippen molar-refractivity contribution in [1.29, 1.82) is 0 Å². The third-order valence-corrected chi connectivity index (χ3v) is 5.99. The fourth-order valence-corrected chi connectivity index (χ4v) is 3.75. The molecule has 0 saturated heterocycles. The molecular formula is C24H30N4O6S2. The average Bonchev–Trinajstić information content (AvgIpc) is 2.86. The molecule has 2 aromatic carbocycles. The second-order valence-corrected chi connectivity index (χ2v) is 8.78. The summed E-state index contributed by atoms with van der Waals surface area (Å²) < 4.78 is 0. The van der Waals surface area contributed by atoms with E-state index < -0.39 is 47.9 Å². The highest BCUT2D eigenvalue weighted by molar-refractivity contribution is 7.80. The van der Waals surface area contributed by atoms with Gasteiger partial charge in [0.05, 0.1) is 6.04 Å². The molecule has 0 spiro atoms. The number of carboxylic acid groups (broad SMARTS) is 1. The van der Waals surface area contributed by atoms with Gasteiger partial charge in [-0.05, 0) is 29.7 Å². The lowest BCUT2D eigenvalue weighted by Gasteiger charge is -2.23. The zero-order chi connectivity index (χ0) is 26.7. The number of carboxylic acids is 1. The SMILES string of the molecule is NC(Cc1ccc(O)cc1)C(=O)NC(CS)C(=O)NC(CS)C(=O)NC(Cc1ccccc1)C(=O)O. The van der Waals surface area contributed by atoms with Gasteiger partial charge in [0.1, 0.15) is 23.9 Å². The predicted octanol–water partition coefficient (Wildman–Crippen LogP) is -0.0967. The molecule has 0 aromatic heterocycles. The van der Waals surface area contributed by atoms with E-state index in [9.17, 15) is 29.4 Å². The number of nitrogens with two attached hydrogens (primary N) is 1. The van der Waals surface area contributed by atoms with Crippen molar-refractivity contribution in [1.82, 2.24) is 16.0 Å². The lowest BCUT2D eigenvalue weighted by Crippen LogP contribution is -2.58. The molecular weight excluding hydrogens is 504 g/mol. The quantitative estimate of drug-likeness (QED) is 0.166. The lowest BCUT2D eigenvalue weighted by molar-refractivity contribution is -0.142. The summed E-state index contributed by atoms with van der Waals surface area (Å²) in [7, 11) is 0. The van der Waals surface area contributed by atoms with E-state index in [0.29, 0.717) is 0 Å². The highest BCUT2D eigenvalue weighted by Gasteiger charge is 2.29. The van der Waals surface area contributed by atoms with Crippen molar-refractivity contribution in [3.8, 4) is 5.75 Å². The summed E-state index contributed by atoms with van der Waals surface area (Å²) in [4.78, 5) is 49.6. The molecule has 0 aliphatic carbocycles. The smallest absolute Gasteiger partial charge is 0.326 e. The average molecular weight is 535 g/mol. The molecule has 3 amide bonds. The molecule has 0 saturated carbocycles. The van der Waals surface area contributed by atoms with E-state index in [1.54, 1.807) is 42.5 Å². The molecule has 0 fully saturated rings. The molecule has 10 nitrogen and oxygen atoms in total. The Hall–Kier alpha value is -3.22. The first kappa shape index (κ1) is 29.0. The summed E-state index contributed by atoms with van der Waals surface area (Å²) in [6, 6.07) is 10.6. The lowest BCUT2D eigenvalue weighted by atomic mass is 10.1. The molecule has 4 atom stereocenters. The number of amides is 3. The predicted molar refractivity (Wildman–Crippen MR) is 141 cm³/mol. The van der Waals surface area contributed by atoms with Crippen LogP contribution in [0.4, 0.5) is 0 Å². The summed E-state index contributed by atoms with van der Waals surface area (Å²) in [5.74, 6) is -3.34. The van der Waals surface area contributed by atoms with Gasteiger partial charge < -0.3 is 31.9 Å². The van der Waals surface area contributed by atoms with Gasteiger partial charge in [-0.3, -0.25) is 14.4 Å². The molecule has 36 heavy (non-hydrogen) atoms. The van der Waals surface area contributed by atoms with Crippen molar-refractivity contribution in [2.45, 2.75) is 37.0 Å². The molecule has 0 radical (unpaired) electrons. The summed E-state index contributed by atoms with van der Waals surface area (Å²) in [5, 5.41) is 26.3. The minimum Gasteiger partial charge on any atom is -0.508 e. The molecule has 7 N–H and O–H groups in total. The van der Waals surface area contributed by atoms with Gasteiger partial charge in [0.2, 0.25) is 17.7 Å². The Morgan fingerprint density at radius 3 is 1.69 bits per heavy atom. The summed E-state index contributed by atoms with van der Waals surface area (Å²) in [6.45, 7) is 0. The zero-order valence-electron chi connectivity index (χ0n) is 19.3. The van der Waals surface area contributed by atoms with Crippen molar-refractivity contribution >= 4 is 48.9 Å². The minimum absolute atomic E-state index is 0.0589. The molecule has 12 heteroatoms. The van der Waals surface area contributed by atoms with Crippen molar-refractivity contribution in [2.75, 3.05) is 11.5 Å². The Labute approximate surface area is 219 Å². The van der Waals surface area contributed by atoms with Gasteiger partial charge in [-0.1, -0.05) is 42.5 Å². The van der Waals surface area contributed by atoms with Gasteiger partial charge in [-0.25, -0.2) is 4.79 Å². The van der Waals surface area contributed by atoms with Gasteiger partial charge in [-0.15, -0.1) is 0 Å². The van der Waals surface area contributed by atoms with Crippen LogP contribution in [0, 0.1) is 0 Å². The van der Waals surface area contributed by atoms with E-state index in [4.69, 9.17) is 5.73 Å². The number of hydrogen-bond acceptors (Lipinski definition) is 8. The van der Waals surface area contributed by atoms with Gasteiger partial charge in [0.15, 0.2) is 0 Å². The Balaban J connectivity index is 1.95. The van der Waals surface area contributed by atoms with E-state index in [1.165, 1.54) is 12.1 Å². The number of aliphatic carboxylic acids is 1. The van der Waals surface area contributed by atoms with Gasteiger partial charge >= 0.3 is 5.97 Å². The monoisotopic (exact) mass is 534 g/mol. The van der Waals surface area contributed by atoms with E-state index >= 15 is 0 Å². The Morgan fingerprint density at radius 2 is 1.19 bits per heavy atom. The normalized spacial score (nSPS) is 14.1. The van der Waals surface area contributed by atoms with E-state index in [2.05, 4.69) is 41.2 Å². The number of carbonyl (C=O) groups excluding carboxylic acids is 3. The van der Waals surface area contributed by atoms with Crippen molar-refractivity contribution in [3.05, 3.63) is 65.7 Å². The summed E-state index contributed by atoms with van der Waals surface area (Å²) in [6.07, 6.45) is 0.232. The van der Waals surface area contributed by atoms with Crippen LogP contribution in [0.15, 0.2) is 54.6 Å². The second kappa shape index (κ2) is 14.4. The van der Waals surface area contributed by atoms with Crippen LogP contribution in [0.25, 0.3) is 0 Å². The molecule has 4 unspecified atom stereocenters. The largest absolute Gasteiger partial charge is 0.508 e. The van der Waals surface area contributed by atoms with Gasteiger partial charge in [-0.2, -0.15) is 25.3 Å². The molecule has 0 bridgehead atoms. The molecule has 0 aliphatic rings. The van der Waals surface area contributed by atoms with Crippen LogP contribution >= 0.6 is 25.3 Å². The first-order chi connectivity index (χ1) is 17.1. The number of carbonyl (C=O) groups is 4. The van der Waals surface area contributed by atoms with Crippen LogP contribution in [0.2, 0.25) is 0 Å². The second-order valence-electron chi connectivity index (χ2n) is 8.05. The van der Waals surface area contributed by atoms with Crippen molar-refractivity contribution in [3.63, 3.8) is 0 Å². The van der Waals surface area contributed by atoms with Crippen molar-refractivity contribution in [2.24, 2.45) is 5.73 Å². The molecule has 2 rings (SSSR count). The molecule has 0 heterocycles. The number of aromatic hydroxyl groups is 1. The third kappa shape index (κ3) is 9.10. The first-order valence-corrected chi connectivity index (χ1v) is 12.3. The maximum absolute atomic E-state index is 12.7. The highest BCUT2D eigenvalue weighted by Crippen LogP contribution is 2.11. The van der Waals surface area contributed by atoms with Crippen molar-refractivity contribution < 1.29 is 29.4 Å². The zero-order valence-corrected chi connectivity index (χ0v) is 21.1. The molecule has 0 aliphatic heterocycles. The highest BCUT2D eigenvalue weighted by atomic mass is 32.1. The van der Waals surface area contributed by atoms with E-state index in [-0.39, 0.29) is 30.1 Å². The standard InChI is InChI=1S/C24H30N4O6S2/c25-17(10-15-6-8-16(29)9-7-15)21(30)27-19(12-35)23(32)28-20(13-36)22(31)26-18(24(33)34)11-14-4-2-1-3-5-14/h1-9,17-20,29,35-36H,10-13,25H2,(H,26,31)(H,27,30)(H,28,32)(H,33,34). The Bertz CT molecular complexity index is 1040. The maximum atomic E-state index is 12.7. The first-order valence-electron chi connectivity index (χ1n) is 11.1. The number of hydrogen-bond donors (Lipinski definition) is 8. The Morgan fingerprint density at radius 1 is 0.722 bits per heavy atom. The Kier molecular flexibility index (Phi) is 11.6. The number of rotatable bonds is 13. The number of thiol groups is 2. The van der Waals surface area contributed by atoms with E-state index in [0.717, 1.165) is 11.1 Å². The van der Waals surface area contributed by atoms with E-state index in [1.807, 2.05) is 0 Å². The van der Waals surface area contributed by atoms with Crippen LogP contribution in [0.3, 0.4) is 0 Å². The fourth-order valence-electron chi connectivity index (χ4n) is 3.24. The number of nitrogens with one attached hydrogen (secondary N) is 3. The van der Waals surface area contributed by atoms with Gasteiger partial charge in [0.25, 0.3) is 0 Å². The maximum Gasteiger partial charge on any atom is 0.326 e. The van der Waals surface area contributed by atoms with Crippen LogP contribution in [0.1, 0.15) is 11.1 Å². The molecule has 194 valence electrons.